The van der Waals surface area contributed by atoms with Crippen molar-refractivity contribution in [3.05, 3.63) is 35.7 Å². The number of thiazole rings is 1. The van der Waals surface area contributed by atoms with Crippen molar-refractivity contribution in [2.45, 2.75) is 18.9 Å². The Labute approximate surface area is 113 Å². The fourth-order valence-corrected chi connectivity index (χ4v) is 3.85. The fourth-order valence-electron chi connectivity index (χ4n) is 1.96. The maximum atomic E-state index is 4.67. The standard InChI is InChI=1S/C14H12N2S2/c1-2-4-12-9(3-1)7-13(18-12)11-8-17-14(16-11)15-10-5-6-10/h1-4,7-8,10H,5-6H2,(H,15,16). The molecule has 0 atom stereocenters. The second-order valence-electron chi connectivity index (χ2n) is 4.60. The molecule has 0 amide bonds. The van der Waals surface area contributed by atoms with Gasteiger partial charge in [-0.15, -0.1) is 22.7 Å². The first-order chi connectivity index (χ1) is 8.88. The predicted octanol–water partition coefficient (Wildman–Crippen LogP) is 4.60. The Hall–Kier alpha value is -1.39. The van der Waals surface area contributed by atoms with Crippen molar-refractivity contribution in [1.29, 1.82) is 0 Å². The minimum Gasteiger partial charge on any atom is -0.359 e. The zero-order chi connectivity index (χ0) is 11.9. The van der Waals surface area contributed by atoms with E-state index in [1.165, 1.54) is 27.8 Å². The number of nitrogens with one attached hydrogen (secondary N) is 1. The summed E-state index contributed by atoms with van der Waals surface area (Å²) >= 11 is 3.52. The van der Waals surface area contributed by atoms with Crippen LogP contribution in [0.5, 0.6) is 0 Å². The number of nitrogens with zero attached hydrogens (tertiary/aromatic N) is 1. The van der Waals surface area contributed by atoms with E-state index in [9.17, 15) is 0 Å². The molecule has 0 saturated heterocycles. The Morgan fingerprint density at radius 2 is 2.11 bits per heavy atom. The van der Waals surface area contributed by atoms with Crippen molar-refractivity contribution in [3.8, 4) is 10.6 Å². The van der Waals surface area contributed by atoms with Crippen LogP contribution in [0.25, 0.3) is 20.7 Å². The van der Waals surface area contributed by atoms with Gasteiger partial charge < -0.3 is 5.32 Å². The maximum absolute atomic E-state index is 4.67. The highest BCUT2D eigenvalue weighted by Crippen LogP contribution is 2.35. The van der Waals surface area contributed by atoms with Gasteiger partial charge in [0.15, 0.2) is 5.13 Å². The third-order valence-electron chi connectivity index (χ3n) is 3.09. The van der Waals surface area contributed by atoms with Crippen LogP contribution in [0, 0.1) is 0 Å². The van der Waals surface area contributed by atoms with Crippen molar-refractivity contribution in [1.82, 2.24) is 4.98 Å². The number of hydrogen-bond acceptors (Lipinski definition) is 4. The number of fused-ring (bicyclic) bond motifs is 1. The van der Waals surface area contributed by atoms with Gasteiger partial charge in [-0.3, -0.25) is 0 Å². The molecule has 90 valence electrons. The Kier molecular flexibility index (Phi) is 2.38. The number of rotatable bonds is 3. The van der Waals surface area contributed by atoms with Crippen LogP contribution in [0.3, 0.4) is 0 Å². The van der Waals surface area contributed by atoms with Crippen LogP contribution >= 0.6 is 22.7 Å². The highest BCUT2D eigenvalue weighted by molar-refractivity contribution is 7.22. The van der Waals surface area contributed by atoms with Gasteiger partial charge in [0.05, 0.1) is 10.6 Å². The molecule has 0 radical (unpaired) electrons. The smallest absolute Gasteiger partial charge is 0.183 e. The molecule has 18 heavy (non-hydrogen) atoms. The van der Waals surface area contributed by atoms with Crippen molar-refractivity contribution < 1.29 is 0 Å². The van der Waals surface area contributed by atoms with E-state index >= 15 is 0 Å². The van der Waals surface area contributed by atoms with E-state index in [1.54, 1.807) is 11.3 Å². The molecule has 3 aromatic rings. The third kappa shape index (κ3) is 1.91. The molecular weight excluding hydrogens is 260 g/mol. The summed E-state index contributed by atoms with van der Waals surface area (Å²) in [6.45, 7) is 0. The summed E-state index contributed by atoms with van der Waals surface area (Å²) in [5, 5.41) is 7.97. The third-order valence-corrected chi connectivity index (χ3v) is 5.00. The summed E-state index contributed by atoms with van der Waals surface area (Å²) in [5.74, 6) is 0. The summed E-state index contributed by atoms with van der Waals surface area (Å²) in [7, 11) is 0. The molecule has 2 nitrogen and oxygen atoms in total. The summed E-state index contributed by atoms with van der Waals surface area (Å²) in [6, 6.07) is 11.4. The van der Waals surface area contributed by atoms with Gasteiger partial charge in [0.25, 0.3) is 0 Å². The lowest BCUT2D eigenvalue weighted by molar-refractivity contribution is 1.14. The number of benzene rings is 1. The second kappa shape index (κ2) is 4.07. The Morgan fingerprint density at radius 3 is 2.94 bits per heavy atom. The van der Waals surface area contributed by atoms with E-state index in [-0.39, 0.29) is 0 Å². The van der Waals surface area contributed by atoms with Gasteiger partial charge in [0, 0.05) is 16.1 Å². The average molecular weight is 272 g/mol. The number of anilines is 1. The molecule has 0 unspecified atom stereocenters. The van der Waals surface area contributed by atoms with Crippen molar-refractivity contribution in [2.24, 2.45) is 0 Å². The molecule has 4 heteroatoms. The van der Waals surface area contributed by atoms with Crippen molar-refractivity contribution in [2.75, 3.05) is 5.32 Å². The highest BCUT2D eigenvalue weighted by atomic mass is 32.1. The molecule has 0 bridgehead atoms. The van der Waals surface area contributed by atoms with Crippen LogP contribution in [0.15, 0.2) is 35.7 Å². The van der Waals surface area contributed by atoms with Gasteiger partial charge in [-0.25, -0.2) is 4.98 Å². The SMILES string of the molecule is c1ccc2sc(-c3csc(NC4CC4)n3)cc2c1. The lowest BCUT2D eigenvalue weighted by Crippen LogP contribution is -1.99. The van der Waals surface area contributed by atoms with Crippen LogP contribution in [0.4, 0.5) is 5.13 Å². The van der Waals surface area contributed by atoms with E-state index in [4.69, 9.17) is 0 Å². The Balaban J connectivity index is 1.70. The Bertz CT molecular complexity index is 661. The van der Waals surface area contributed by atoms with Crippen LogP contribution in [-0.4, -0.2) is 11.0 Å². The van der Waals surface area contributed by atoms with Gasteiger partial charge in [-0.2, -0.15) is 0 Å². The minimum atomic E-state index is 0.673. The zero-order valence-electron chi connectivity index (χ0n) is 9.72. The lowest BCUT2D eigenvalue weighted by atomic mass is 10.2. The van der Waals surface area contributed by atoms with E-state index in [0.717, 1.165) is 10.8 Å². The number of aromatic nitrogens is 1. The topological polar surface area (TPSA) is 24.9 Å². The molecule has 1 aliphatic carbocycles. The predicted molar refractivity (Wildman–Crippen MR) is 79.6 cm³/mol. The number of hydrogen-bond donors (Lipinski definition) is 1. The molecule has 1 aliphatic rings. The first-order valence-electron chi connectivity index (χ1n) is 6.09. The molecule has 0 spiro atoms. The Morgan fingerprint density at radius 1 is 1.22 bits per heavy atom. The monoisotopic (exact) mass is 272 g/mol. The number of thiophene rings is 1. The molecule has 0 aliphatic heterocycles. The average Bonchev–Trinajstić information content (AvgIpc) is 2.92. The van der Waals surface area contributed by atoms with Crippen LogP contribution in [-0.2, 0) is 0 Å². The van der Waals surface area contributed by atoms with E-state index < -0.39 is 0 Å². The van der Waals surface area contributed by atoms with E-state index in [2.05, 4.69) is 46.0 Å². The highest BCUT2D eigenvalue weighted by Gasteiger charge is 2.22. The van der Waals surface area contributed by atoms with Crippen LogP contribution in [0.1, 0.15) is 12.8 Å². The van der Waals surface area contributed by atoms with Gasteiger partial charge in [-0.1, -0.05) is 18.2 Å². The molecule has 2 heterocycles. The molecule has 1 aromatic carbocycles. The largest absolute Gasteiger partial charge is 0.359 e. The summed E-state index contributed by atoms with van der Waals surface area (Å²) in [4.78, 5) is 5.93. The first kappa shape index (κ1) is 10.5. The molecule has 1 fully saturated rings. The van der Waals surface area contributed by atoms with E-state index in [1.807, 2.05) is 11.3 Å². The van der Waals surface area contributed by atoms with E-state index in [0.29, 0.717) is 6.04 Å². The molecule has 4 rings (SSSR count). The molecule has 1 N–H and O–H groups in total. The zero-order valence-corrected chi connectivity index (χ0v) is 11.4. The van der Waals surface area contributed by atoms with Gasteiger partial charge in [0.1, 0.15) is 0 Å². The summed E-state index contributed by atoms with van der Waals surface area (Å²) < 4.78 is 1.33. The van der Waals surface area contributed by atoms with Crippen LogP contribution in [0.2, 0.25) is 0 Å². The van der Waals surface area contributed by atoms with Gasteiger partial charge >= 0.3 is 0 Å². The molecular formula is C14H12N2S2. The first-order valence-corrected chi connectivity index (χ1v) is 7.79. The summed E-state index contributed by atoms with van der Waals surface area (Å²) in [5.41, 5.74) is 1.10. The fraction of sp³-hybridized carbons (Fsp3) is 0.214. The molecule has 1 saturated carbocycles. The minimum absolute atomic E-state index is 0.673. The summed E-state index contributed by atoms with van der Waals surface area (Å²) in [6.07, 6.45) is 2.58. The maximum Gasteiger partial charge on any atom is 0.183 e. The quantitative estimate of drug-likeness (QED) is 0.753. The van der Waals surface area contributed by atoms with Crippen LogP contribution < -0.4 is 5.32 Å². The van der Waals surface area contributed by atoms with Gasteiger partial charge in [0.2, 0.25) is 0 Å². The lowest BCUT2D eigenvalue weighted by Gasteiger charge is -1.95. The second-order valence-corrected chi connectivity index (χ2v) is 6.55. The van der Waals surface area contributed by atoms with Crippen molar-refractivity contribution >= 4 is 37.9 Å². The molecule has 2 aromatic heterocycles. The van der Waals surface area contributed by atoms with Crippen molar-refractivity contribution in [3.63, 3.8) is 0 Å². The normalized spacial score (nSPS) is 15.1. The van der Waals surface area contributed by atoms with Gasteiger partial charge in [-0.05, 0) is 30.4 Å².